The smallest absolute Gasteiger partial charge is 0.254 e. The molecule has 1 rings (SSSR count). The molecule has 0 aromatic heterocycles. The zero-order chi connectivity index (χ0) is 11.5. The molecule has 1 aliphatic heterocycles. The fraction of sp³-hybridized carbons (Fsp3) is 0.909. The zero-order valence-electron chi connectivity index (χ0n) is 9.95. The average molecular weight is 214 g/mol. The van der Waals surface area contributed by atoms with E-state index < -0.39 is 5.60 Å². The van der Waals surface area contributed by atoms with E-state index in [0.29, 0.717) is 13.0 Å². The molecule has 1 fully saturated rings. The van der Waals surface area contributed by atoms with Crippen LogP contribution in [-0.2, 0) is 9.53 Å². The van der Waals surface area contributed by atoms with Gasteiger partial charge in [0.2, 0.25) is 0 Å². The van der Waals surface area contributed by atoms with Crippen LogP contribution in [0.5, 0.6) is 0 Å². The van der Waals surface area contributed by atoms with E-state index >= 15 is 0 Å². The van der Waals surface area contributed by atoms with E-state index in [1.54, 1.807) is 7.11 Å². The van der Waals surface area contributed by atoms with E-state index in [1.807, 2.05) is 18.7 Å². The van der Waals surface area contributed by atoms with Gasteiger partial charge in [-0.15, -0.1) is 0 Å². The van der Waals surface area contributed by atoms with Crippen LogP contribution >= 0.6 is 0 Å². The first-order chi connectivity index (χ1) is 7.09. The zero-order valence-corrected chi connectivity index (χ0v) is 9.95. The Bertz CT molecular complexity index is 227. The normalized spacial score (nSPS) is 25.3. The first kappa shape index (κ1) is 12.5. The largest absolute Gasteiger partial charge is 0.369 e. The molecular formula is C11H22N2O2. The van der Waals surface area contributed by atoms with E-state index in [0.717, 1.165) is 19.4 Å². The van der Waals surface area contributed by atoms with Crippen molar-refractivity contribution < 1.29 is 9.53 Å². The predicted molar refractivity (Wildman–Crippen MR) is 59.5 cm³/mol. The van der Waals surface area contributed by atoms with Crippen LogP contribution in [-0.4, -0.2) is 42.6 Å². The first-order valence-electron chi connectivity index (χ1n) is 5.65. The number of likely N-dealkylation sites (tertiary alicyclic amines) is 1. The average Bonchev–Trinajstić information content (AvgIpc) is 2.74. The van der Waals surface area contributed by atoms with Gasteiger partial charge in [-0.05, 0) is 26.2 Å². The van der Waals surface area contributed by atoms with Gasteiger partial charge in [0.05, 0.1) is 0 Å². The van der Waals surface area contributed by atoms with Gasteiger partial charge in [0.25, 0.3) is 5.91 Å². The Morgan fingerprint density at radius 1 is 1.67 bits per heavy atom. The number of rotatable bonds is 4. The van der Waals surface area contributed by atoms with Crippen molar-refractivity contribution in [3.8, 4) is 0 Å². The summed E-state index contributed by atoms with van der Waals surface area (Å²) in [7, 11) is 1.59. The lowest BCUT2D eigenvalue weighted by Crippen LogP contribution is -2.51. The second-order valence-corrected chi connectivity index (χ2v) is 4.32. The van der Waals surface area contributed by atoms with Crippen LogP contribution in [0.25, 0.3) is 0 Å². The van der Waals surface area contributed by atoms with Crippen LogP contribution < -0.4 is 5.73 Å². The fourth-order valence-corrected chi connectivity index (χ4v) is 2.03. The quantitative estimate of drug-likeness (QED) is 0.751. The number of nitrogens with zero attached hydrogens (tertiary/aromatic N) is 1. The Labute approximate surface area is 91.8 Å². The van der Waals surface area contributed by atoms with E-state index in [1.165, 1.54) is 0 Å². The monoisotopic (exact) mass is 214 g/mol. The number of amides is 1. The van der Waals surface area contributed by atoms with E-state index in [2.05, 4.69) is 0 Å². The number of nitrogens with two attached hydrogens (primary N) is 1. The Hall–Kier alpha value is -0.610. The summed E-state index contributed by atoms with van der Waals surface area (Å²) in [5.41, 5.74) is 4.97. The molecule has 0 aromatic rings. The van der Waals surface area contributed by atoms with Crippen molar-refractivity contribution in [2.45, 2.75) is 44.8 Å². The Kier molecular flexibility index (Phi) is 4.11. The Morgan fingerprint density at radius 3 is 2.80 bits per heavy atom. The number of carbonyl (C=O) groups excluding carboxylic acids is 1. The SMILES string of the molecule is CCC(C)(OC)C(=O)N1CCCC1CN. The maximum Gasteiger partial charge on any atom is 0.254 e. The highest BCUT2D eigenvalue weighted by atomic mass is 16.5. The molecule has 4 heteroatoms. The lowest BCUT2D eigenvalue weighted by Gasteiger charge is -2.33. The highest BCUT2D eigenvalue weighted by Gasteiger charge is 2.39. The summed E-state index contributed by atoms with van der Waals surface area (Å²) >= 11 is 0. The van der Waals surface area contributed by atoms with Gasteiger partial charge in [-0.2, -0.15) is 0 Å². The van der Waals surface area contributed by atoms with Gasteiger partial charge >= 0.3 is 0 Å². The lowest BCUT2D eigenvalue weighted by molar-refractivity contribution is -0.154. The van der Waals surface area contributed by atoms with Crippen molar-refractivity contribution in [1.29, 1.82) is 0 Å². The highest BCUT2D eigenvalue weighted by Crippen LogP contribution is 2.24. The molecule has 0 spiro atoms. The van der Waals surface area contributed by atoms with Crippen molar-refractivity contribution >= 4 is 5.91 Å². The fourth-order valence-electron chi connectivity index (χ4n) is 2.03. The van der Waals surface area contributed by atoms with Crippen LogP contribution in [0.3, 0.4) is 0 Å². The summed E-state index contributed by atoms with van der Waals surface area (Å²) in [6.45, 7) is 5.19. The molecule has 1 saturated heterocycles. The summed E-state index contributed by atoms with van der Waals surface area (Å²) in [5, 5.41) is 0. The van der Waals surface area contributed by atoms with Crippen LogP contribution in [0.15, 0.2) is 0 Å². The molecule has 88 valence electrons. The van der Waals surface area contributed by atoms with Gasteiger partial charge in [-0.25, -0.2) is 0 Å². The first-order valence-corrected chi connectivity index (χ1v) is 5.65. The predicted octanol–water partition coefficient (Wildman–Crippen LogP) is 0.751. The summed E-state index contributed by atoms with van der Waals surface area (Å²) in [4.78, 5) is 14.1. The van der Waals surface area contributed by atoms with Gasteiger partial charge in [0, 0.05) is 26.2 Å². The third-order valence-corrected chi connectivity index (χ3v) is 3.49. The van der Waals surface area contributed by atoms with Gasteiger partial charge in [0.1, 0.15) is 5.60 Å². The molecule has 15 heavy (non-hydrogen) atoms. The molecule has 2 unspecified atom stereocenters. The third kappa shape index (κ3) is 2.32. The van der Waals surface area contributed by atoms with E-state index in [4.69, 9.17) is 10.5 Å². The van der Waals surface area contributed by atoms with E-state index in [9.17, 15) is 4.79 Å². The highest BCUT2D eigenvalue weighted by molar-refractivity contribution is 5.85. The maximum absolute atomic E-state index is 12.2. The minimum Gasteiger partial charge on any atom is -0.369 e. The molecule has 4 nitrogen and oxygen atoms in total. The molecule has 2 atom stereocenters. The number of hydrogen-bond acceptors (Lipinski definition) is 3. The van der Waals surface area contributed by atoms with Crippen molar-refractivity contribution in [2.75, 3.05) is 20.2 Å². The van der Waals surface area contributed by atoms with Crippen LogP contribution in [0.2, 0.25) is 0 Å². The van der Waals surface area contributed by atoms with Gasteiger partial charge in [0.15, 0.2) is 0 Å². The molecule has 1 amide bonds. The summed E-state index contributed by atoms with van der Waals surface area (Å²) < 4.78 is 5.32. The molecule has 1 heterocycles. The molecular weight excluding hydrogens is 192 g/mol. The molecule has 0 bridgehead atoms. The topological polar surface area (TPSA) is 55.6 Å². The molecule has 2 N–H and O–H groups in total. The molecule has 0 radical (unpaired) electrons. The second-order valence-electron chi connectivity index (χ2n) is 4.32. The van der Waals surface area contributed by atoms with Crippen LogP contribution in [0.4, 0.5) is 0 Å². The van der Waals surface area contributed by atoms with Crippen molar-refractivity contribution in [3.63, 3.8) is 0 Å². The summed E-state index contributed by atoms with van der Waals surface area (Å²) in [5.74, 6) is 0.0838. The molecule has 0 saturated carbocycles. The van der Waals surface area contributed by atoms with E-state index in [-0.39, 0.29) is 11.9 Å². The number of carbonyl (C=O) groups is 1. The van der Waals surface area contributed by atoms with Crippen molar-refractivity contribution in [3.05, 3.63) is 0 Å². The molecule has 0 aromatic carbocycles. The summed E-state index contributed by atoms with van der Waals surface area (Å²) in [6, 6.07) is 0.207. The lowest BCUT2D eigenvalue weighted by atomic mass is 10.0. The van der Waals surface area contributed by atoms with Crippen molar-refractivity contribution in [1.82, 2.24) is 4.90 Å². The second kappa shape index (κ2) is 4.94. The van der Waals surface area contributed by atoms with Crippen LogP contribution in [0, 0.1) is 0 Å². The standard InChI is InChI=1S/C11H22N2O2/c1-4-11(2,15-3)10(14)13-7-5-6-9(13)8-12/h9H,4-8,12H2,1-3H3. The van der Waals surface area contributed by atoms with Gasteiger partial charge in [-0.3, -0.25) is 4.79 Å². The number of hydrogen-bond donors (Lipinski definition) is 1. The maximum atomic E-state index is 12.2. The Morgan fingerprint density at radius 2 is 2.33 bits per heavy atom. The number of methoxy groups -OCH3 is 1. The number of ether oxygens (including phenoxy) is 1. The molecule has 0 aliphatic carbocycles. The van der Waals surface area contributed by atoms with Gasteiger partial charge in [-0.1, -0.05) is 6.92 Å². The minimum atomic E-state index is -0.683. The molecule has 1 aliphatic rings. The Balaban J connectivity index is 2.74. The minimum absolute atomic E-state index is 0.0838. The summed E-state index contributed by atoms with van der Waals surface area (Å²) in [6.07, 6.45) is 2.76. The third-order valence-electron chi connectivity index (χ3n) is 3.49. The van der Waals surface area contributed by atoms with Crippen molar-refractivity contribution in [2.24, 2.45) is 5.73 Å². The van der Waals surface area contributed by atoms with Gasteiger partial charge < -0.3 is 15.4 Å². The van der Waals surface area contributed by atoms with Crippen LogP contribution in [0.1, 0.15) is 33.1 Å².